The first-order valence-electron chi connectivity index (χ1n) is 9.36. The molecule has 0 saturated carbocycles. The van der Waals surface area contributed by atoms with E-state index < -0.39 is 17.3 Å². The minimum absolute atomic E-state index is 0.0335. The molecule has 0 bridgehead atoms. The zero-order chi connectivity index (χ0) is 22.3. The maximum atomic E-state index is 14.3. The Bertz CT molecular complexity index is 1350. The van der Waals surface area contributed by atoms with Crippen molar-refractivity contribution in [2.24, 2.45) is 7.05 Å². The third-order valence-corrected chi connectivity index (χ3v) is 5.37. The van der Waals surface area contributed by atoms with Crippen molar-refractivity contribution in [1.82, 2.24) is 14.5 Å². The van der Waals surface area contributed by atoms with Crippen molar-refractivity contribution >= 4 is 23.2 Å². The van der Waals surface area contributed by atoms with Crippen LogP contribution < -0.4 is 10.9 Å². The molecule has 2 aromatic heterocycles. The van der Waals surface area contributed by atoms with Crippen LogP contribution >= 0.6 is 11.6 Å². The van der Waals surface area contributed by atoms with Gasteiger partial charge in [0.2, 0.25) is 0 Å². The summed E-state index contributed by atoms with van der Waals surface area (Å²) in [4.78, 5) is 25.9. The summed E-state index contributed by atoms with van der Waals surface area (Å²) in [7, 11) is 1.61. The first-order chi connectivity index (χ1) is 14.8. The van der Waals surface area contributed by atoms with Gasteiger partial charge < -0.3 is 9.84 Å². The number of halogens is 2. The number of amides is 1. The van der Waals surface area contributed by atoms with E-state index in [0.29, 0.717) is 27.6 Å². The van der Waals surface area contributed by atoms with E-state index in [0.717, 1.165) is 4.68 Å². The number of hydrogen-bond acceptors (Lipinski definition) is 4. The van der Waals surface area contributed by atoms with Crippen molar-refractivity contribution in [2.75, 3.05) is 5.32 Å². The van der Waals surface area contributed by atoms with Crippen LogP contribution in [0.3, 0.4) is 0 Å². The smallest absolute Gasteiger partial charge is 0.295 e. The molecule has 2 heterocycles. The molecule has 158 valence electrons. The number of para-hydroxylation sites is 1. The molecule has 2 aromatic carbocycles. The molecule has 9 heteroatoms. The van der Waals surface area contributed by atoms with Crippen LogP contribution in [0.1, 0.15) is 21.7 Å². The van der Waals surface area contributed by atoms with Crippen LogP contribution in [0.2, 0.25) is 5.02 Å². The average molecular weight is 441 g/mol. The molecule has 4 rings (SSSR count). The van der Waals surface area contributed by atoms with E-state index >= 15 is 0 Å². The molecule has 0 aliphatic heterocycles. The molecule has 7 nitrogen and oxygen atoms in total. The Kier molecular flexibility index (Phi) is 5.24. The third kappa shape index (κ3) is 3.55. The number of anilines is 1. The van der Waals surface area contributed by atoms with Crippen LogP contribution in [0.4, 0.5) is 10.1 Å². The van der Waals surface area contributed by atoms with Gasteiger partial charge in [-0.3, -0.25) is 14.3 Å². The van der Waals surface area contributed by atoms with Crippen molar-refractivity contribution in [2.45, 2.75) is 13.8 Å². The third-order valence-electron chi connectivity index (χ3n) is 5.12. The molecular formula is C22H18ClFN4O3. The van der Waals surface area contributed by atoms with Crippen LogP contribution in [0.5, 0.6) is 0 Å². The predicted octanol–water partition coefficient (Wildman–Crippen LogP) is 4.49. The lowest BCUT2D eigenvalue weighted by Crippen LogP contribution is -2.24. The second kappa shape index (κ2) is 7.88. The summed E-state index contributed by atoms with van der Waals surface area (Å²) in [5, 5.41) is 7.05. The normalized spacial score (nSPS) is 11.0. The maximum absolute atomic E-state index is 14.3. The highest BCUT2D eigenvalue weighted by Gasteiger charge is 2.24. The SMILES string of the molecule is Cc1c(C(=O)Nc2c(C)n(C)n(-c3ccccc3F)c2=O)noc1-c1ccc(Cl)cc1. The number of hydrogen-bond donors (Lipinski definition) is 1. The zero-order valence-electron chi connectivity index (χ0n) is 16.9. The highest BCUT2D eigenvalue weighted by atomic mass is 35.5. The standard InChI is InChI=1S/C22H18ClFN4O3/c1-12-18(26-31-20(12)14-8-10-15(23)11-9-14)21(29)25-19-13(2)27(3)28(22(19)30)17-7-5-4-6-16(17)24/h4-11H,1-3H3,(H,25,29). The van der Waals surface area contributed by atoms with E-state index in [4.69, 9.17) is 16.1 Å². The van der Waals surface area contributed by atoms with Gasteiger partial charge in [0.25, 0.3) is 11.5 Å². The Morgan fingerprint density at radius 2 is 1.81 bits per heavy atom. The maximum Gasteiger partial charge on any atom is 0.295 e. The quantitative estimate of drug-likeness (QED) is 0.506. The average Bonchev–Trinajstić information content (AvgIpc) is 3.22. The topological polar surface area (TPSA) is 82.1 Å². The van der Waals surface area contributed by atoms with Crippen molar-refractivity contribution in [3.8, 4) is 17.0 Å². The van der Waals surface area contributed by atoms with Gasteiger partial charge in [0, 0.05) is 23.2 Å². The lowest BCUT2D eigenvalue weighted by atomic mass is 10.1. The van der Waals surface area contributed by atoms with Crippen molar-refractivity contribution in [3.63, 3.8) is 0 Å². The van der Waals surface area contributed by atoms with Gasteiger partial charge in [-0.2, -0.15) is 0 Å². The molecule has 0 aliphatic carbocycles. The fourth-order valence-electron chi connectivity index (χ4n) is 3.34. The van der Waals surface area contributed by atoms with E-state index in [2.05, 4.69) is 10.5 Å². The number of carbonyl (C=O) groups is 1. The summed E-state index contributed by atoms with van der Waals surface area (Å²) in [6, 6.07) is 12.8. The number of rotatable bonds is 4. The molecular weight excluding hydrogens is 423 g/mol. The van der Waals surface area contributed by atoms with Crippen molar-refractivity contribution in [3.05, 3.63) is 86.7 Å². The largest absolute Gasteiger partial charge is 0.355 e. The molecule has 4 aromatic rings. The molecule has 0 radical (unpaired) electrons. The van der Waals surface area contributed by atoms with E-state index in [1.54, 1.807) is 51.2 Å². The van der Waals surface area contributed by atoms with E-state index in [1.807, 2.05) is 0 Å². The van der Waals surface area contributed by atoms with Crippen LogP contribution in [-0.2, 0) is 7.05 Å². The fourth-order valence-corrected chi connectivity index (χ4v) is 3.46. The Labute approximate surface area is 181 Å². The molecule has 0 aliphatic rings. The van der Waals surface area contributed by atoms with Gasteiger partial charge >= 0.3 is 0 Å². The number of carbonyl (C=O) groups excluding carboxylic acids is 1. The predicted molar refractivity (Wildman–Crippen MR) is 115 cm³/mol. The van der Waals surface area contributed by atoms with E-state index in [9.17, 15) is 14.0 Å². The fraction of sp³-hybridized carbons (Fsp3) is 0.136. The van der Waals surface area contributed by atoms with Gasteiger partial charge in [0.1, 0.15) is 17.2 Å². The monoisotopic (exact) mass is 440 g/mol. The number of aromatic nitrogens is 3. The van der Waals surface area contributed by atoms with Gasteiger partial charge in [0.05, 0.1) is 5.69 Å². The first kappa shape index (κ1) is 20.6. The van der Waals surface area contributed by atoms with E-state index in [-0.39, 0.29) is 17.1 Å². The Morgan fingerprint density at radius 3 is 2.48 bits per heavy atom. The van der Waals surface area contributed by atoms with Gasteiger partial charge in [-0.1, -0.05) is 28.9 Å². The van der Waals surface area contributed by atoms with Gasteiger partial charge in [-0.25, -0.2) is 9.07 Å². The highest BCUT2D eigenvalue weighted by molar-refractivity contribution is 6.30. The minimum Gasteiger partial charge on any atom is -0.355 e. The van der Waals surface area contributed by atoms with Gasteiger partial charge in [-0.15, -0.1) is 0 Å². The minimum atomic E-state index is -0.604. The molecule has 0 unspecified atom stereocenters. The lowest BCUT2D eigenvalue weighted by Gasteiger charge is -2.08. The second-order valence-electron chi connectivity index (χ2n) is 7.00. The van der Waals surface area contributed by atoms with Crippen LogP contribution in [0.25, 0.3) is 17.0 Å². The van der Waals surface area contributed by atoms with Gasteiger partial charge in [0.15, 0.2) is 11.5 Å². The summed E-state index contributed by atoms with van der Waals surface area (Å²) < 4.78 is 22.3. The Balaban J connectivity index is 1.69. The number of nitrogens with one attached hydrogen (secondary N) is 1. The molecule has 0 spiro atoms. The Hall–Kier alpha value is -3.65. The number of benzene rings is 2. The summed E-state index contributed by atoms with van der Waals surface area (Å²) in [6.45, 7) is 3.36. The lowest BCUT2D eigenvalue weighted by molar-refractivity contribution is 0.101. The summed E-state index contributed by atoms with van der Waals surface area (Å²) >= 11 is 5.92. The summed E-state index contributed by atoms with van der Waals surface area (Å²) in [6.07, 6.45) is 0. The molecule has 1 N–H and O–H groups in total. The molecule has 0 atom stereocenters. The van der Waals surface area contributed by atoms with Crippen LogP contribution in [-0.4, -0.2) is 20.4 Å². The molecule has 0 saturated heterocycles. The summed E-state index contributed by atoms with van der Waals surface area (Å²) in [5.74, 6) is -0.730. The second-order valence-corrected chi connectivity index (χ2v) is 7.44. The molecule has 31 heavy (non-hydrogen) atoms. The first-order valence-corrected chi connectivity index (χ1v) is 9.74. The van der Waals surface area contributed by atoms with Crippen molar-refractivity contribution in [1.29, 1.82) is 0 Å². The Morgan fingerprint density at radius 1 is 1.13 bits per heavy atom. The number of nitrogens with zero attached hydrogens (tertiary/aromatic N) is 3. The molecule has 1 amide bonds. The van der Waals surface area contributed by atoms with E-state index in [1.165, 1.54) is 22.9 Å². The summed E-state index contributed by atoms with van der Waals surface area (Å²) in [5.41, 5.74) is 1.30. The molecule has 0 fully saturated rings. The zero-order valence-corrected chi connectivity index (χ0v) is 17.7. The van der Waals surface area contributed by atoms with Crippen LogP contribution in [0.15, 0.2) is 57.8 Å². The highest BCUT2D eigenvalue weighted by Crippen LogP contribution is 2.27. The van der Waals surface area contributed by atoms with Crippen molar-refractivity contribution < 1.29 is 13.7 Å². The van der Waals surface area contributed by atoms with Crippen LogP contribution in [0, 0.1) is 19.7 Å². The van der Waals surface area contributed by atoms with Gasteiger partial charge in [-0.05, 0) is 50.2 Å².